The highest BCUT2D eigenvalue weighted by Crippen LogP contribution is 2.22. The van der Waals surface area contributed by atoms with Gasteiger partial charge in [0.2, 0.25) is 0 Å². The number of hydrogen-bond acceptors (Lipinski definition) is 4. The maximum absolute atomic E-state index is 8.98. The molecule has 1 aromatic heterocycles. The molecule has 0 saturated carbocycles. The van der Waals surface area contributed by atoms with Crippen LogP contribution < -0.4 is 5.32 Å². The zero-order valence-corrected chi connectivity index (χ0v) is 11.6. The Morgan fingerprint density at radius 2 is 2.18 bits per heavy atom. The van der Waals surface area contributed by atoms with Crippen LogP contribution in [0.25, 0.3) is 0 Å². The van der Waals surface area contributed by atoms with Crippen LogP contribution in [0.15, 0.2) is 23.4 Å². The maximum Gasteiger partial charge on any atom is 0.0963 e. The standard InChI is InChI=1S/C13H22N2OS/c1-4-7-14-11(3)12-5-6-13(15-8-12)17-10(2)9-16/h5-6,8,10-11,14,16H,4,7,9H2,1-3H3. The molecular weight excluding hydrogens is 232 g/mol. The highest BCUT2D eigenvalue weighted by Gasteiger charge is 2.07. The van der Waals surface area contributed by atoms with Crippen LogP contribution in [-0.2, 0) is 0 Å². The number of nitrogens with zero attached hydrogens (tertiary/aromatic N) is 1. The number of nitrogens with one attached hydrogen (secondary N) is 1. The first-order chi connectivity index (χ1) is 8.17. The smallest absolute Gasteiger partial charge is 0.0963 e. The lowest BCUT2D eigenvalue weighted by Crippen LogP contribution is -2.19. The molecule has 17 heavy (non-hydrogen) atoms. The third-order valence-electron chi connectivity index (χ3n) is 2.54. The van der Waals surface area contributed by atoms with E-state index in [2.05, 4.69) is 30.2 Å². The van der Waals surface area contributed by atoms with Crippen molar-refractivity contribution in [1.82, 2.24) is 10.3 Å². The molecule has 1 heterocycles. The van der Waals surface area contributed by atoms with Gasteiger partial charge in [-0.1, -0.05) is 19.9 Å². The van der Waals surface area contributed by atoms with Gasteiger partial charge in [-0.3, -0.25) is 0 Å². The van der Waals surface area contributed by atoms with E-state index in [0.717, 1.165) is 18.0 Å². The van der Waals surface area contributed by atoms with Crippen LogP contribution in [-0.4, -0.2) is 28.5 Å². The molecule has 1 aromatic rings. The van der Waals surface area contributed by atoms with Crippen LogP contribution in [0.2, 0.25) is 0 Å². The fourth-order valence-electron chi connectivity index (χ4n) is 1.44. The van der Waals surface area contributed by atoms with Crippen molar-refractivity contribution in [2.24, 2.45) is 0 Å². The van der Waals surface area contributed by atoms with Crippen molar-refractivity contribution in [3.8, 4) is 0 Å². The van der Waals surface area contributed by atoms with Crippen molar-refractivity contribution in [2.75, 3.05) is 13.2 Å². The average molecular weight is 254 g/mol. The van der Waals surface area contributed by atoms with E-state index in [4.69, 9.17) is 5.11 Å². The Morgan fingerprint density at radius 3 is 2.71 bits per heavy atom. The maximum atomic E-state index is 8.98. The number of aromatic nitrogens is 1. The Bertz CT molecular complexity index is 316. The normalized spacial score (nSPS) is 14.6. The number of pyridine rings is 1. The lowest BCUT2D eigenvalue weighted by Gasteiger charge is -2.14. The molecule has 96 valence electrons. The Balaban J connectivity index is 2.54. The number of rotatable bonds is 7. The molecule has 4 heteroatoms. The van der Waals surface area contributed by atoms with E-state index in [1.54, 1.807) is 11.8 Å². The second-order valence-electron chi connectivity index (χ2n) is 4.22. The molecule has 3 nitrogen and oxygen atoms in total. The minimum atomic E-state index is 0.183. The molecule has 0 bridgehead atoms. The molecule has 0 amide bonds. The van der Waals surface area contributed by atoms with Gasteiger partial charge < -0.3 is 10.4 Å². The summed E-state index contributed by atoms with van der Waals surface area (Å²) in [5, 5.41) is 13.6. The molecule has 1 rings (SSSR count). The Kier molecular flexibility index (Phi) is 6.55. The molecule has 2 unspecified atom stereocenters. The number of aliphatic hydroxyl groups excluding tert-OH is 1. The highest BCUT2D eigenvalue weighted by molar-refractivity contribution is 7.99. The van der Waals surface area contributed by atoms with Gasteiger partial charge in [0, 0.05) is 17.5 Å². The Labute approximate surface area is 108 Å². The summed E-state index contributed by atoms with van der Waals surface area (Å²) in [5.74, 6) is 0. The number of aliphatic hydroxyl groups is 1. The fraction of sp³-hybridized carbons (Fsp3) is 0.615. The van der Waals surface area contributed by atoms with Gasteiger partial charge in [0.15, 0.2) is 0 Å². The van der Waals surface area contributed by atoms with E-state index in [-0.39, 0.29) is 11.9 Å². The van der Waals surface area contributed by atoms with Gasteiger partial charge >= 0.3 is 0 Å². The van der Waals surface area contributed by atoms with E-state index in [0.29, 0.717) is 6.04 Å². The molecule has 0 aliphatic carbocycles. The molecule has 2 atom stereocenters. The topological polar surface area (TPSA) is 45.1 Å². The highest BCUT2D eigenvalue weighted by atomic mass is 32.2. The van der Waals surface area contributed by atoms with E-state index in [9.17, 15) is 0 Å². The quantitative estimate of drug-likeness (QED) is 0.734. The molecule has 2 N–H and O–H groups in total. The zero-order valence-electron chi connectivity index (χ0n) is 10.8. The predicted octanol–water partition coefficient (Wildman–Crippen LogP) is 2.62. The monoisotopic (exact) mass is 254 g/mol. The molecule has 0 saturated heterocycles. The molecule has 0 spiro atoms. The summed E-state index contributed by atoms with van der Waals surface area (Å²) in [6.07, 6.45) is 3.06. The van der Waals surface area contributed by atoms with Crippen LogP contribution in [0, 0.1) is 0 Å². The SMILES string of the molecule is CCCNC(C)c1ccc(SC(C)CO)nc1. The summed E-state index contributed by atoms with van der Waals surface area (Å²) in [7, 11) is 0. The van der Waals surface area contributed by atoms with Crippen LogP contribution in [0.3, 0.4) is 0 Å². The van der Waals surface area contributed by atoms with Crippen molar-refractivity contribution < 1.29 is 5.11 Å². The third kappa shape index (κ3) is 5.06. The second-order valence-corrected chi connectivity index (χ2v) is 5.68. The minimum absolute atomic E-state index is 0.183. The Hall–Kier alpha value is -0.580. The van der Waals surface area contributed by atoms with Gasteiger partial charge in [-0.25, -0.2) is 4.98 Å². The molecule has 0 radical (unpaired) electrons. The van der Waals surface area contributed by atoms with Crippen LogP contribution in [0.1, 0.15) is 38.8 Å². The van der Waals surface area contributed by atoms with Gasteiger partial charge in [-0.05, 0) is 31.5 Å². The number of hydrogen-bond donors (Lipinski definition) is 2. The average Bonchev–Trinajstić information content (AvgIpc) is 2.36. The lowest BCUT2D eigenvalue weighted by molar-refractivity contribution is 0.300. The van der Waals surface area contributed by atoms with Gasteiger partial charge in [0.05, 0.1) is 11.6 Å². The molecule has 0 aromatic carbocycles. The van der Waals surface area contributed by atoms with Crippen molar-refractivity contribution in [3.05, 3.63) is 23.9 Å². The van der Waals surface area contributed by atoms with Gasteiger partial charge in [-0.15, -0.1) is 11.8 Å². The molecular formula is C13H22N2OS. The minimum Gasteiger partial charge on any atom is -0.395 e. The van der Waals surface area contributed by atoms with Crippen molar-refractivity contribution in [1.29, 1.82) is 0 Å². The lowest BCUT2D eigenvalue weighted by atomic mass is 10.1. The van der Waals surface area contributed by atoms with Gasteiger partial charge in [0.25, 0.3) is 0 Å². The predicted molar refractivity (Wildman–Crippen MR) is 73.4 cm³/mol. The van der Waals surface area contributed by atoms with Crippen molar-refractivity contribution in [3.63, 3.8) is 0 Å². The van der Waals surface area contributed by atoms with Crippen molar-refractivity contribution >= 4 is 11.8 Å². The van der Waals surface area contributed by atoms with Crippen LogP contribution in [0.5, 0.6) is 0 Å². The second kappa shape index (κ2) is 7.69. The Morgan fingerprint density at radius 1 is 1.41 bits per heavy atom. The first kappa shape index (κ1) is 14.5. The summed E-state index contributed by atoms with van der Waals surface area (Å²) in [6.45, 7) is 7.51. The summed E-state index contributed by atoms with van der Waals surface area (Å²) in [4.78, 5) is 4.41. The zero-order chi connectivity index (χ0) is 12.7. The number of thioether (sulfide) groups is 1. The first-order valence-corrected chi connectivity index (χ1v) is 7.02. The van der Waals surface area contributed by atoms with E-state index < -0.39 is 0 Å². The fourth-order valence-corrected chi connectivity index (χ4v) is 2.19. The summed E-state index contributed by atoms with van der Waals surface area (Å²) in [5.41, 5.74) is 1.21. The van der Waals surface area contributed by atoms with Crippen molar-refractivity contribution in [2.45, 2.75) is 43.5 Å². The summed E-state index contributed by atoms with van der Waals surface area (Å²) < 4.78 is 0. The van der Waals surface area contributed by atoms with E-state index in [1.165, 1.54) is 5.56 Å². The van der Waals surface area contributed by atoms with Crippen LogP contribution >= 0.6 is 11.8 Å². The van der Waals surface area contributed by atoms with E-state index in [1.807, 2.05) is 19.2 Å². The van der Waals surface area contributed by atoms with Crippen LogP contribution in [0.4, 0.5) is 0 Å². The summed E-state index contributed by atoms with van der Waals surface area (Å²) >= 11 is 1.60. The molecule has 0 aliphatic heterocycles. The molecule has 0 fully saturated rings. The third-order valence-corrected chi connectivity index (χ3v) is 3.57. The molecule has 0 aliphatic rings. The summed E-state index contributed by atoms with van der Waals surface area (Å²) in [6, 6.07) is 4.47. The van der Waals surface area contributed by atoms with Gasteiger partial charge in [0.1, 0.15) is 0 Å². The first-order valence-electron chi connectivity index (χ1n) is 6.14. The van der Waals surface area contributed by atoms with E-state index >= 15 is 0 Å². The largest absolute Gasteiger partial charge is 0.395 e. The van der Waals surface area contributed by atoms with Gasteiger partial charge in [-0.2, -0.15) is 0 Å².